The number of ketones is 1. The largest absolute Gasteiger partial charge is 0.450 e. The lowest BCUT2D eigenvalue weighted by molar-refractivity contribution is -0.385. The zero-order valence-corrected chi connectivity index (χ0v) is 13.8. The monoisotopic (exact) mass is 362 g/mol. The number of nitro benzene ring substituents is 1. The smallest absolute Gasteiger partial charge is 0.312 e. The quantitative estimate of drug-likeness (QED) is 0.375. The Labute approximate surface area is 153 Å². The fourth-order valence-corrected chi connectivity index (χ4v) is 2.39. The molecule has 0 aliphatic rings. The third-order valence-corrected chi connectivity index (χ3v) is 3.74. The van der Waals surface area contributed by atoms with Crippen LogP contribution in [0.1, 0.15) is 21.5 Å². The van der Waals surface area contributed by atoms with E-state index in [1.807, 2.05) is 6.07 Å². The maximum absolute atomic E-state index is 13.0. The van der Waals surface area contributed by atoms with Gasteiger partial charge in [0.15, 0.2) is 5.78 Å². The molecule has 0 heterocycles. The Bertz CT molecular complexity index is 1050. The number of rotatable bonds is 5. The van der Waals surface area contributed by atoms with E-state index in [1.165, 1.54) is 60.7 Å². The van der Waals surface area contributed by atoms with E-state index in [0.717, 1.165) is 6.07 Å². The molecular formula is C20H11FN2O4. The summed E-state index contributed by atoms with van der Waals surface area (Å²) >= 11 is 0. The zero-order chi connectivity index (χ0) is 19.4. The maximum Gasteiger partial charge on any atom is 0.312 e. The second-order valence-electron chi connectivity index (χ2n) is 5.51. The molecule has 0 fully saturated rings. The summed E-state index contributed by atoms with van der Waals surface area (Å²) in [4.78, 5) is 22.9. The highest BCUT2D eigenvalue weighted by atomic mass is 19.1. The number of carbonyl (C=O) groups excluding carboxylic acids is 1. The first-order valence-electron chi connectivity index (χ1n) is 7.74. The highest BCUT2D eigenvalue weighted by Gasteiger charge is 2.17. The van der Waals surface area contributed by atoms with Crippen LogP contribution in [0.2, 0.25) is 0 Å². The van der Waals surface area contributed by atoms with Gasteiger partial charge in [0.05, 0.1) is 16.6 Å². The maximum atomic E-state index is 13.0. The SMILES string of the molecule is N#Cc1ccc(Oc2ccc(C(=O)c3ccc(F)cc3)cc2)c([N+](=O)[O-])c1. The number of nitriles is 1. The van der Waals surface area contributed by atoms with Gasteiger partial charge in [-0.2, -0.15) is 5.26 Å². The Kier molecular flexibility index (Phi) is 4.90. The van der Waals surface area contributed by atoms with Crippen molar-refractivity contribution in [3.05, 3.63) is 99.4 Å². The first kappa shape index (κ1) is 17.8. The molecule has 0 unspecified atom stereocenters. The summed E-state index contributed by atoms with van der Waals surface area (Å²) < 4.78 is 18.5. The van der Waals surface area contributed by atoms with Crippen LogP contribution in [-0.4, -0.2) is 10.7 Å². The first-order valence-corrected chi connectivity index (χ1v) is 7.74. The molecule has 0 amide bonds. The second-order valence-corrected chi connectivity index (χ2v) is 5.51. The molecule has 3 aromatic rings. The Morgan fingerprint density at radius 3 is 2.15 bits per heavy atom. The second kappa shape index (κ2) is 7.45. The van der Waals surface area contributed by atoms with Gasteiger partial charge in [0, 0.05) is 17.2 Å². The number of ether oxygens (including phenoxy) is 1. The average Bonchev–Trinajstić information content (AvgIpc) is 2.69. The van der Waals surface area contributed by atoms with Crippen LogP contribution >= 0.6 is 0 Å². The standard InChI is InChI=1S/C20H11FN2O4/c21-16-6-2-14(3-7-16)20(24)15-4-8-17(9-5-15)27-19-10-1-13(12-22)11-18(19)23(25)26/h1-11H. The number of hydrogen-bond acceptors (Lipinski definition) is 5. The molecular weight excluding hydrogens is 351 g/mol. The summed E-state index contributed by atoms with van der Waals surface area (Å²) in [6.07, 6.45) is 0. The predicted molar refractivity (Wildman–Crippen MR) is 94.2 cm³/mol. The van der Waals surface area contributed by atoms with Crippen LogP contribution in [0.3, 0.4) is 0 Å². The summed E-state index contributed by atoms with van der Waals surface area (Å²) in [5, 5.41) is 20.0. The highest BCUT2D eigenvalue weighted by Crippen LogP contribution is 2.32. The molecule has 0 spiro atoms. The van der Waals surface area contributed by atoms with E-state index in [4.69, 9.17) is 10.00 Å². The van der Waals surface area contributed by atoms with Gasteiger partial charge in [-0.05, 0) is 60.7 Å². The zero-order valence-electron chi connectivity index (χ0n) is 13.8. The Morgan fingerprint density at radius 1 is 1.00 bits per heavy atom. The van der Waals surface area contributed by atoms with Gasteiger partial charge >= 0.3 is 5.69 Å². The Hall–Kier alpha value is -4.05. The molecule has 7 heteroatoms. The van der Waals surface area contributed by atoms with E-state index in [0.29, 0.717) is 16.9 Å². The lowest BCUT2D eigenvalue weighted by atomic mass is 10.0. The minimum Gasteiger partial charge on any atom is -0.450 e. The summed E-state index contributed by atoms with van der Waals surface area (Å²) in [7, 11) is 0. The van der Waals surface area contributed by atoms with Crippen molar-refractivity contribution in [3.63, 3.8) is 0 Å². The summed E-state index contributed by atoms with van der Waals surface area (Å²) in [5.74, 6) is -0.444. The van der Waals surface area contributed by atoms with Crippen molar-refractivity contribution in [2.75, 3.05) is 0 Å². The van der Waals surface area contributed by atoms with Crippen molar-refractivity contribution in [1.82, 2.24) is 0 Å². The van der Waals surface area contributed by atoms with Crippen LogP contribution in [0, 0.1) is 27.3 Å². The fraction of sp³-hybridized carbons (Fsp3) is 0. The molecule has 0 aromatic heterocycles. The Balaban J connectivity index is 1.82. The normalized spacial score (nSPS) is 10.1. The molecule has 132 valence electrons. The lowest BCUT2D eigenvalue weighted by Gasteiger charge is -2.07. The van der Waals surface area contributed by atoms with Crippen LogP contribution in [0.4, 0.5) is 10.1 Å². The van der Waals surface area contributed by atoms with E-state index in [-0.39, 0.29) is 22.8 Å². The molecule has 3 aromatic carbocycles. The van der Waals surface area contributed by atoms with Crippen molar-refractivity contribution in [3.8, 4) is 17.6 Å². The Morgan fingerprint density at radius 2 is 1.59 bits per heavy atom. The van der Waals surface area contributed by atoms with E-state index in [2.05, 4.69) is 0 Å². The van der Waals surface area contributed by atoms with Crippen molar-refractivity contribution >= 4 is 11.5 Å². The molecule has 3 rings (SSSR count). The number of nitro groups is 1. The molecule has 0 bridgehead atoms. The molecule has 6 nitrogen and oxygen atoms in total. The van der Waals surface area contributed by atoms with Gasteiger partial charge in [-0.15, -0.1) is 0 Å². The summed E-state index contributed by atoms with van der Waals surface area (Å²) in [6.45, 7) is 0. The first-order chi connectivity index (χ1) is 13.0. The van der Waals surface area contributed by atoms with E-state index in [1.54, 1.807) is 0 Å². The molecule has 0 N–H and O–H groups in total. The van der Waals surface area contributed by atoms with Gasteiger partial charge in [0.25, 0.3) is 0 Å². The number of carbonyl (C=O) groups is 1. The summed E-state index contributed by atoms with van der Waals surface area (Å²) in [5.41, 5.74) is 0.519. The molecule has 27 heavy (non-hydrogen) atoms. The molecule has 0 aliphatic carbocycles. The van der Waals surface area contributed by atoms with Crippen LogP contribution < -0.4 is 4.74 Å². The van der Waals surface area contributed by atoms with Crippen LogP contribution in [0.15, 0.2) is 66.7 Å². The third-order valence-electron chi connectivity index (χ3n) is 3.74. The highest BCUT2D eigenvalue weighted by molar-refractivity contribution is 6.09. The van der Waals surface area contributed by atoms with Gasteiger partial charge in [0.2, 0.25) is 5.75 Å². The van der Waals surface area contributed by atoms with E-state index in [9.17, 15) is 19.3 Å². The van der Waals surface area contributed by atoms with Gasteiger partial charge in [-0.25, -0.2) is 4.39 Å². The molecule has 0 saturated carbocycles. The van der Waals surface area contributed by atoms with Crippen LogP contribution in [0.25, 0.3) is 0 Å². The van der Waals surface area contributed by atoms with Gasteiger partial charge in [-0.3, -0.25) is 14.9 Å². The molecule has 0 radical (unpaired) electrons. The van der Waals surface area contributed by atoms with Crippen molar-refractivity contribution in [2.24, 2.45) is 0 Å². The van der Waals surface area contributed by atoms with Crippen LogP contribution in [0.5, 0.6) is 11.5 Å². The minimum absolute atomic E-state index is 0.0170. The van der Waals surface area contributed by atoms with Crippen molar-refractivity contribution < 1.29 is 18.8 Å². The third kappa shape index (κ3) is 3.96. The average molecular weight is 362 g/mol. The summed E-state index contributed by atoms with van der Waals surface area (Å²) in [6, 6.07) is 16.9. The van der Waals surface area contributed by atoms with E-state index < -0.39 is 10.7 Å². The van der Waals surface area contributed by atoms with Gasteiger partial charge < -0.3 is 4.74 Å². The van der Waals surface area contributed by atoms with Gasteiger partial charge in [-0.1, -0.05) is 0 Å². The molecule has 0 atom stereocenters. The lowest BCUT2D eigenvalue weighted by Crippen LogP contribution is -2.01. The number of halogens is 1. The van der Waals surface area contributed by atoms with Gasteiger partial charge in [0.1, 0.15) is 11.6 Å². The number of benzene rings is 3. The molecule has 0 saturated heterocycles. The number of hydrogen-bond donors (Lipinski definition) is 0. The van der Waals surface area contributed by atoms with Crippen molar-refractivity contribution in [2.45, 2.75) is 0 Å². The topological polar surface area (TPSA) is 93.2 Å². The van der Waals surface area contributed by atoms with Crippen molar-refractivity contribution in [1.29, 1.82) is 5.26 Å². The van der Waals surface area contributed by atoms with E-state index >= 15 is 0 Å². The number of nitrogens with zero attached hydrogens (tertiary/aromatic N) is 2. The fourth-order valence-electron chi connectivity index (χ4n) is 2.39. The molecule has 0 aliphatic heterocycles. The minimum atomic E-state index is -0.636. The predicted octanol–water partition coefficient (Wildman–Crippen LogP) is 4.63. The van der Waals surface area contributed by atoms with Crippen LogP contribution in [-0.2, 0) is 0 Å².